The monoisotopic (exact) mass is 260 g/mol. The van der Waals surface area contributed by atoms with E-state index in [0.717, 1.165) is 22.1 Å². The van der Waals surface area contributed by atoms with Gasteiger partial charge in [-0.3, -0.25) is 0 Å². The molecule has 3 heteroatoms. The SMILES string of the molecule is Cc1ccc(Cl)cc1Nc1ccccc1N(C)C. The molecule has 0 aliphatic rings. The van der Waals surface area contributed by atoms with Gasteiger partial charge in [0.25, 0.3) is 0 Å². The summed E-state index contributed by atoms with van der Waals surface area (Å²) in [6, 6.07) is 14.1. The van der Waals surface area contributed by atoms with Crippen molar-refractivity contribution in [1.29, 1.82) is 0 Å². The molecule has 0 heterocycles. The quantitative estimate of drug-likeness (QED) is 0.877. The number of nitrogens with zero attached hydrogens (tertiary/aromatic N) is 1. The van der Waals surface area contributed by atoms with Gasteiger partial charge in [0, 0.05) is 24.8 Å². The van der Waals surface area contributed by atoms with E-state index in [0.29, 0.717) is 0 Å². The lowest BCUT2D eigenvalue weighted by molar-refractivity contribution is 1.13. The van der Waals surface area contributed by atoms with Crippen molar-refractivity contribution in [3.8, 4) is 0 Å². The molecule has 0 bridgehead atoms. The van der Waals surface area contributed by atoms with Crippen LogP contribution in [0.25, 0.3) is 0 Å². The van der Waals surface area contributed by atoms with Crippen LogP contribution in [0.5, 0.6) is 0 Å². The summed E-state index contributed by atoms with van der Waals surface area (Å²) in [6.07, 6.45) is 0. The molecule has 0 spiro atoms. The van der Waals surface area contributed by atoms with Crippen LogP contribution < -0.4 is 10.2 Å². The summed E-state index contributed by atoms with van der Waals surface area (Å²) in [7, 11) is 4.07. The van der Waals surface area contributed by atoms with Crippen LogP contribution in [0.1, 0.15) is 5.56 Å². The molecule has 0 aromatic heterocycles. The van der Waals surface area contributed by atoms with E-state index >= 15 is 0 Å². The Morgan fingerprint density at radius 1 is 1.00 bits per heavy atom. The number of hydrogen-bond donors (Lipinski definition) is 1. The highest BCUT2D eigenvalue weighted by atomic mass is 35.5. The minimum Gasteiger partial charge on any atom is -0.376 e. The maximum atomic E-state index is 6.03. The van der Waals surface area contributed by atoms with E-state index in [1.165, 1.54) is 5.56 Å². The largest absolute Gasteiger partial charge is 0.376 e. The summed E-state index contributed by atoms with van der Waals surface area (Å²) in [5.74, 6) is 0. The molecule has 0 radical (unpaired) electrons. The normalized spacial score (nSPS) is 10.2. The van der Waals surface area contributed by atoms with Crippen molar-refractivity contribution in [2.24, 2.45) is 0 Å². The van der Waals surface area contributed by atoms with Gasteiger partial charge in [-0.2, -0.15) is 0 Å². The fourth-order valence-corrected chi connectivity index (χ4v) is 2.02. The van der Waals surface area contributed by atoms with Crippen molar-refractivity contribution in [3.63, 3.8) is 0 Å². The van der Waals surface area contributed by atoms with E-state index in [1.54, 1.807) is 0 Å². The van der Waals surface area contributed by atoms with Gasteiger partial charge in [-0.05, 0) is 36.8 Å². The minimum absolute atomic E-state index is 0.741. The minimum atomic E-state index is 0.741. The smallest absolute Gasteiger partial charge is 0.0621 e. The number of nitrogens with one attached hydrogen (secondary N) is 1. The lowest BCUT2D eigenvalue weighted by Crippen LogP contribution is -2.10. The third-order valence-corrected chi connectivity index (χ3v) is 3.09. The second-order valence-corrected chi connectivity index (χ2v) is 4.93. The average Bonchev–Trinajstić information content (AvgIpc) is 2.34. The molecule has 0 saturated carbocycles. The van der Waals surface area contributed by atoms with Gasteiger partial charge in [0.1, 0.15) is 0 Å². The Balaban J connectivity index is 2.37. The van der Waals surface area contributed by atoms with Gasteiger partial charge in [0.2, 0.25) is 0 Å². The van der Waals surface area contributed by atoms with Crippen molar-refractivity contribution in [2.45, 2.75) is 6.92 Å². The van der Waals surface area contributed by atoms with Crippen molar-refractivity contribution >= 4 is 28.7 Å². The maximum absolute atomic E-state index is 6.03. The number of benzene rings is 2. The molecular formula is C15H17ClN2. The molecule has 0 fully saturated rings. The lowest BCUT2D eigenvalue weighted by Gasteiger charge is -2.19. The molecule has 94 valence electrons. The van der Waals surface area contributed by atoms with E-state index in [4.69, 9.17) is 11.6 Å². The first-order valence-corrected chi connectivity index (χ1v) is 6.25. The van der Waals surface area contributed by atoms with E-state index in [1.807, 2.05) is 44.4 Å². The predicted octanol–water partition coefficient (Wildman–Crippen LogP) is 4.46. The molecule has 2 aromatic rings. The Morgan fingerprint density at radius 3 is 2.44 bits per heavy atom. The number of aryl methyl sites for hydroxylation is 1. The first-order chi connectivity index (χ1) is 8.58. The van der Waals surface area contributed by atoms with Crippen molar-refractivity contribution in [3.05, 3.63) is 53.1 Å². The summed E-state index contributed by atoms with van der Waals surface area (Å²) in [6.45, 7) is 2.07. The Kier molecular flexibility index (Phi) is 3.78. The number of halogens is 1. The van der Waals surface area contributed by atoms with Gasteiger partial charge >= 0.3 is 0 Å². The van der Waals surface area contributed by atoms with E-state index in [-0.39, 0.29) is 0 Å². The van der Waals surface area contributed by atoms with Gasteiger partial charge in [-0.25, -0.2) is 0 Å². The van der Waals surface area contributed by atoms with E-state index in [9.17, 15) is 0 Å². The van der Waals surface area contributed by atoms with Crippen LogP contribution in [0.15, 0.2) is 42.5 Å². The zero-order chi connectivity index (χ0) is 13.1. The summed E-state index contributed by atoms with van der Waals surface area (Å²) >= 11 is 6.03. The molecule has 1 N–H and O–H groups in total. The van der Waals surface area contributed by atoms with Gasteiger partial charge in [0.05, 0.1) is 11.4 Å². The van der Waals surface area contributed by atoms with Gasteiger partial charge in [-0.15, -0.1) is 0 Å². The second-order valence-electron chi connectivity index (χ2n) is 4.50. The number of anilines is 3. The maximum Gasteiger partial charge on any atom is 0.0621 e. The molecule has 0 saturated heterocycles. The zero-order valence-electron chi connectivity index (χ0n) is 10.9. The molecule has 2 nitrogen and oxygen atoms in total. The highest BCUT2D eigenvalue weighted by molar-refractivity contribution is 6.30. The molecular weight excluding hydrogens is 244 g/mol. The molecule has 0 aliphatic carbocycles. The molecule has 18 heavy (non-hydrogen) atoms. The first kappa shape index (κ1) is 12.8. The van der Waals surface area contributed by atoms with Crippen molar-refractivity contribution in [1.82, 2.24) is 0 Å². The summed E-state index contributed by atoms with van der Waals surface area (Å²) < 4.78 is 0. The second kappa shape index (κ2) is 5.32. The van der Waals surface area contributed by atoms with Crippen LogP contribution in [0.4, 0.5) is 17.1 Å². The Hall–Kier alpha value is -1.67. The van der Waals surface area contributed by atoms with Crippen LogP contribution in [-0.4, -0.2) is 14.1 Å². The van der Waals surface area contributed by atoms with Crippen LogP contribution in [-0.2, 0) is 0 Å². The third kappa shape index (κ3) is 2.77. The molecule has 0 amide bonds. The summed E-state index contributed by atoms with van der Waals surface area (Å²) in [5, 5.41) is 4.18. The number of para-hydroxylation sites is 2. The number of rotatable bonds is 3. The Bertz CT molecular complexity index is 550. The highest BCUT2D eigenvalue weighted by Gasteiger charge is 2.05. The highest BCUT2D eigenvalue weighted by Crippen LogP contribution is 2.29. The first-order valence-electron chi connectivity index (χ1n) is 5.87. The van der Waals surface area contributed by atoms with Crippen LogP contribution in [0.3, 0.4) is 0 Å². The van der Waals surface area contributed by atoms with E-state index < -0.39 is 0 Å². The number of hydrogen-bond acceptors (Lipinski definition) is 2. The van der Waals surface area contributed by atoms with Crippen LogP contribution >= 0.6 is 11.6 Å². The molecule has 2 rings (SSSR count). The van der Waals surface area contributed by atoms with Crippen LogP contribution in [0, 0.1) is 6.92 Å². The average molecular weight is 261 g/mol. The Labute approximate surface area is 113 Å². The van der Waals surface area contributed by atoms with Crippen molar-refractivity contribution < 1.29 is 0 Å². The van der Waals surface area contributed by atoms with Crippen molar-refractivity contribution in [2.75, 3.05) is 24.3 Å². The molecule has 0 unspecified atom stereocenters. The van der Waals surface area contributed by atoms with Gasteiger partial charge < -0.3 is 10.2 Å². The van der Waals surface area contributed by atoms with Crippen LogP contribution in [0.2, 0.25) is 5.02 Å². The third-order valence-electron chi connectivity index (χ3n) is 2.85. The molecule has 0 atom stereocenters. The fourth-order valence-electron chi connectivity index (χ4n) is 1.84. The Morgan fingerprint density at radius 2 is 1.72 bits per heavy atom. The predicted molar refractivity (Wildman–Crippen MR) is 80.2 cm³/mol. The lowest BCUT2D eigenvalue weighted by atomic mass is 10.2. The summed E-state index contributed by atoms with van der Waals surface area (Å²) in [5.41, 5.74) is 4.44. The summed E-state index contributed by atoms with van der Waals surface area (Å²) in [4.78, 5) is 2.09. The van der Waals surface area contributed by atoms with Gasteiger partial charge in [0.15, 0.2) is 0 Å². The molecule has 2 aromatic carbocycles. The topological polar surface area (TPSA) is 15.3 Å². The zero-order valence-corrected chi connectivity index (χ0v) is 11.6. The van der Waals surface area contributed by atoms with Gasteiger partial charge in [-0.1, -0.05) is 29.8 Å². The molecule has 0 aliphatic heterocycles. The van der Waals surface area contributed by atoms with E-state index in [2.05, 4.69) is 29.3 Å². The standard InChI is InChI=1S/C15H17ClN2/c1-11-8-9-12(16)10-14(11)17-13-6-4-5-7-15(13)18(2)3/h4-10,17H,1-3H3. The fraction of sp³-hybridized carbons (Fsp3) is 0.200.